The zero-order chi connectivity index (χ0) is 17.6. The molecule has 0 fully saturated rings. The number of nitrogens with one attached hydrogen (secondary N) is 3. The SMILES string of the molecule is O=C(CCC1NC(=O)c2ccccc2NC1=O)NCc1ccccc1. The largest absolute Gasteiger partial charge is 0.352 e. The predicted molar refractivity (Wildman–Crippen MR) is 93.8 cm³/mol. The van der Waals surface area contributed by atoms with Crippen LogP contribution in [0.15, 0.2) is 54.6 Å². The van der Waals surface area contributed by atoms with Crippen molar-refractivity contribution in [3.05, 3.63) is 65.7 Å². The normalized spacial score (nSPS) is 16.2. The van der Waals surface area contributed by atoms with Crippen LogP contribution in [0.4, 0.5) is 5.69 Å². The van der Waals surface area contributed by atoms with E-state index >= 15 is 0 Å². The van der Waals surface area contributed by atoms with Crippen LogP contribution in [0.5, 0.6) is 0 Å². The van der Waals surface area contributed by atoms with Crippen molar-refractivity contribution in [1.29, 1.82) is 0 Å². The first-order chi connectivity index (χ1) is 12.1. The molecule has 0 spiro atoms. The average molecular weight is 337 g/mol. The highest BCUT2D eigenvalue weighted by molar-refractivity contribution is 6.09. The molecule has 2 aromatic rings. The highest BCUT2D eigenvalue weighted by Crippen LogP contribution is 2.19. The van der Waals surface area contributed by atoms with Gasteiger partial charge in [-0.3, -0.25) is 14.4 Å². The summed E-state index contributed by atoms with van der Waals surface area (Å²) in [5.41, 5.74) is 1.92. The number of rotatable bonds is 5. The number of carbonyl (C=O) groups is 3. The lowest BCUT2D eigenvalue weighted by Crippen LogP contribution is -2.42. The number of amides is 3. The van der Waals surface area contributed by atoms with Crippen molar-refractivity contribution in [2.45, 2.75) is 25.4 Å². The van der Waals surface area contributed by atoms with Crippen molar-refractivity contribution in [3.63, 3.8) is 0 Å². The van der Waals surface area contributed by atoms with E-state index < -0.39 is 6.04 Å². The molecule has 1 atom stereocenters. The first-order valence-electron chi connectivity index (χ1n) is 8.15. The molecule has 0 saturated heterocycles. The minimum absolute atomic E-state index is 0.154. The van der Waals surface area contributed by atoms with Crippen LogP contribution in [-0.2, 0) is 16.1 Å². The Morgan fingerprint density at radius 2 is 1.72 bits per heavy atom. The summed E-state index contributed by atoms with van der Waals surface area (Å²) in [4.78, 5) is 36.5. The van der Waals surface area contributed by atoms with Crippen molar-refractivity contribution in [2.75, 3.05) is 5.32 Å². The molecule has 6 nitrogen and oxygen atoms in total. The van der Waals surface area contributed by atoms with E-state index in [1.165, 1.54) is 0 Å². The molecule has 0 radical (unpaired) electrons. The molecule has 1 aliphatic rings. The maximum atomic E-state index is 12.3. The van der Waals surface area contributed by atoms with Gasteiger partial charge in [-0.25, -0.2) is 0 Å². The molecule has 0 aromatic heterocycles. The summed E-state index contributed by atoms with van der Waals surface area (Å²) in [6.07, 6.45) is 0.397. The van der Waals surface area contributed by atoms with Crippen molar-refractivity contribution in [2.24, 2.45) is 0 Å². The molecular weight excluding hydrogens is 318 g/mol. The third-order valence-corrected chi connectivity index (χ3v) is 4.04. The Balaban J connectivity index is 1.54. The Morgan fingerprint density at radius 3 is 2.52 bits per heavy atom. The van der Waals surface area contributed by atoms with E-state index in [-0.39, 0.29) is 30.6 Å². The van der Waals surface area contributed by atoms with Crippen LogP contribution >= 0.6 is 0 Å². The predicted octanol–water partition coefficient (Wildman–Crippen LogP) is 1.83. The van der Waals surface area contributed by atoms with Crippen LogP contribution in [0.2, 0.25) is 0 Å². The second-order valence-electron chi connectivity index (χ2n) is 5.86. The smallest absolute Gasteiger partial charge is 0.254 e. The fourth-order valence-corrected chi connectivity index (χ4v) is 2.68. The summed E-state index contributed by atoms with van der Waals surface area (Å²) in [5, 5.41) is 8.23. The van der Waals surface area contributed by atoms with E-state index in [1.807, 2.05) is 30.3 Å². The van der Waals surface area contributed by atoms with Crippen molar-refractivity contribution in [3.8, 4) is 0 Å². The maximum Gasteiger partial charge on any atom is 0.254 e. The van der Waals surface area contributed by atoms with Crippen LogP contribution in [0.3, 0.4) is 0 Å². The number of carbonyl (C=O) groups excluding carboxylic acids is 3. The monoisotopic (exact) mass is 337 g/mol. The molecule has 3 N–H and O–H groups in total. The first kappa shape index (κ1) is 16.7. The Morgan fingerprint density at radius 1 is 1.00 bits per heavy atom. The van der Waals surface area contributed by atoms with Gasteiger partial charge in [0.2, 0.25) is 11.8 Å². The van der Waals surface area contributed by atoms with Gasteiger partial charge < -0.3 is 16.0 Å². The van der Waals surface area contributed by atoms with Gasteiger partial charge in [-0.05, 0) is 24.1 Å². The summed E-state index contributed by atoms with van der Waals surface area (Å²) < 4.78 is 0. The van der Waals surface area contributed by atoms with Gasteiger partial charge in [0.25, 0.3) is 5.91 Å². The molecule has 2 aromatic carbocycles. The molecule has 0 aliphatic carbocycles. The van der Waals surface area contributed by atoms with Crippen molar-refractivity contribution >= 4 is 23.4 Å². The standard InChI is InChI=1S/C19H19N3O3/c23-17(20-12-13-6-2-1-3-7-13)11-10-16-19(25)21-15-9-5-4-8-14(15)18(24)22-16/h1-9,16H,10-12H2,(H,20,23)(H,21,25)(H,22,24). The van der Waals surface area contributed by atoms with Crippen molar-refractivity contribution in [1.82, 2.24) is 10.6 Å². The van der Waals surface area contributed by atoms with Crippen LogP contribution in [0, 0.1) is 0 Å². The van der Waals surface area contributed by atoms with Crippen LogP contribution in [-0.4, -0.2) is 23.8 Å². The first-order valence-corrected chi connectivity index (χ1v) is 8.15. The van der Waals surface area contributed by atoms with Crippen LogP contribution < -0.4 is 16.0 Å². The fraction of sp³-hybridized carbons (Fsp3) is 0.211. The molecular formula is C19H19N3O3. The maximum absolute atomic E-state index is 12.3. The van der Waals surface area contributed by atoms with Gasteiger partial charge in [0.1, 0.15) is 6.04 Å². The third-order valence-electron chi connectivity index (χ3n) is 4.04. The Bertz CT molecular complexity index is 790. The quantitative estimate of drug-likeness (QED) is 0.778. The van der Waals surface area contributed by atoms with E-state index in [4.69, 9.17) is 0 Å². The zero-order valence-corrected chi connectivity index (χ0v) is 13.6. The van der Waals surface area contributed by atoms with Crippen molar-refractivity contribution < 1.29 is 14.4 Å². The second kappa shape index (κ2) is 7.61. The minimum Gasteiger partial charge on any atom is -0.352 e. The summed E-state index contributed by atoms with van der Waals surface area (Å²) in [6.45, 7) is 0.439. The van der Waals surface area contributed by atoms with E-state index in [9.17, 15) is 14.4 Å². The summed E-state index contributed by atoms with van der Waals surface area (Å²) in [6, 6.07) is 15.7. The molecule has 3 rings (SSSR count). The third kappa shape index (κ3) is 4.23. The Labute approximate surface area is 145 Å². The molecule has 0 bridgehead atoms. The van der Waals surface area contributed by atoms with Gasteiger partial charge in [0.05, 0.1) is 11.3 Å². The molecule has 1 aliphatic heterocycles. The lowest BCUT2D eigenvalue weighted by atomic mass is 10.1. The topological polar surface area (TPSA) is 87.3 Å². The molecule has 0 saturated carbocycles. The van der Waals surface area contributed by atoms with Gasteiger partial charge in [-0.15, -0.1) is 0 Å². The molecule has 6 heteroatoms. The second-order valence-corrected chi connectivity index (χ2v) is 5.86. The Hall–Kier alpha value is -3.15. The number of hydrogen-bond acceptors (Lipinski definition) is 3. The van der Waals surface area contributed by atoms with E-state index in [1.54, 1.807) is 24.3 Å². The summed E-state index contributed by atoms with van der Waals surface area (Å²) in [7, 11) is 0. The fourth-order valence-electron chi connectivity index (χ4n) is 2.68. The lowest BCUT2D eigenvalue weighted by Gasteiger charge is -2.14. The van der Waals surface area contributed by atoms with Gasteiger partial charge in [0, 0.05) is 13.0 Å². The van der Waals surface area contributed by atoms with Gasteiger partial charge >= 0.3 is 0 Å². The van der Waals surface area contributed by atoms with Gasteiger partial charge in [0.15, 0.2) is 0 Å². The molecule has 1 unspecified atom stereocenters. The summed E-state index contributed by atoms with van der Waals surface area (Å²) >= 11 is 0. The molecule has 128 valence electrons. The molecule has 3 amide bonds. The Kier molecular flexibility index (Phi) is 5.09. The minimum atomic E-state index is -0.734. The van der Waals surface area contributed by atoms with Crippen LogP contribution in [0.25, 0.3) is 0 Å². The summed E-state index contributed by atoms with van der Waals surface area (Å²) in [5.74, 6) is -0.787. The van der Waals surface area contributed by atoms with Gasteiger partial charge in [-0.1, -0.05) is 42.5 Å². The molecule has 25 heavy (non-hydrogen) atoms. The average Bonchev–Trinajstić information content (AvgIpc) is 2.75. The number of anilines is 1. The van der Waals surface area contributed by atoms with Gasteiger partial charge in [-0.2, -0.15) is 0 Å². The highest BCUT2D eigenvalue weighted by atomic mass is 16.2. The van der Waals surface area contributed by atoms with E-state index in [0.29, 0.717) is 17.8 Å². The molecule has 1 heterocycles. The lowest BCUT2D eigenvalue weighted by molar-refractivity contribution is -0.122. The number of benzene rings is 2. The van der Waals surface area contributed by atoms with E-state index in [2.05, 4.69) is 16.0 Å². The number of hydrogen-bond donors (Lipinski definition) is 3. The highest BCUT2D eigenvalue weighted by Gasteiger charge is 2.27. The number of fused-ring (bicyclic) bond motifs is 1. The number of para-hydroxylation sites is 1. The van der Waals surface area contributed by atoms with Crippen LogP contribution in [0.1, 0.15) is 28.8 Å². The zero-order valence-electron chi connectivity index (χ0n) is 13.6. The van der Waals surface area contributed by atoms with E-state index in [0.717, 1.165) is 5.56 Å².